The van der Waals surface area contributed by atoms with Crippen molar-refractivity contribution in [1.29, 1.82) is 0 Å². The highest BCUT2D eigenvalue weighted by atomic mass is 35.5. The van der Waals surface area contributed by atoms with E-state index >= 15 is 0 Å². The van der Waals surface area contributed by atoms with E-state index in [4.69, 9.17) is 11.6 Å². The number of aryl methyl sites for hydroxylation is 1. The van der Waals surface area contributed by atoms with Crippen LogP contribution in [0.1, 0.15) is 30.1 Å². The molecule has 1 aliphatic rings. The van der Waals surface area contributed by atoms with Crippen molar-refractivity contribution in [3.8, 4) is 0 Å². The van der Waals surface area contributed by atoms with Crippen molar-refractivity contribution in [2.75, 3.05) is 0 Å². The third kappa shape index (κ3) is 3.84. The summed E-state index contributed by atoms with van der Waals surface area (Å²) in [6.45, 7) is 1.48. The van der Waals surface area contributed by atoms with Gasteiger partial charge in [0.2, 0.25) is 10.0 Å². The van der Waals surface area contributed by atoms with Crippen LogP contribution >= 0.6 is 11.6 Å². The Morgan fingerprint density at radius 2 is 2.08 bits per heavy atom. The summed E-state index contributed by atoms with van der Waals surface area (Å²) in [5.74, 6) is -0.632. The Kier molecular flexibility index (Phi) is 5.11. The molecule has 1 heterocycles. The number of nitrogens with zero attached hydrogens (tertiary/aromatic N) is 1. The number of benzene rings is 1. The zero-order chi connectivity index (χ0) is 18.2. The van der Waals surface area contributed by atoms with Crippen molar-refractivity contribution in [2.24, 2.45) is 5.92 Å². The molecule has 2 aromatic rings. The fourth-order valence-corrected chi connectivity index (χ4v) is 4.80. The van der Waals surface area contributed by atoms with Crippen LogP contribution in [0.5, 0.6) is 0 Å². The van der Waals surface area contributed by atoms with Gasteiger partial charge in [0.25, 0.3) is 0 Å². The van der Waals surface area contributed by atoms with Crippen LogP contribution in [0.4, 0.5) is 4.39 Å². The summed E-state index contributed by atoms with van der Waals surface area (Å²) in [6.07, 6.45) is 2.12. The number of aliphatic hydroxyl groups excluding tert-OH is 1. The second kappa shape index (κ2) is 6.99. The van der Waals surface area contributed by atoms with Gasteiger partial charge in [0.05, 0.1) is 22.9 Å². The monoisotopic (exact) mass is 384 g/mol. The third-order valence-corrected chi connectivity index (χ3v) is 6.32. The molecule has 0 saturated heterocycles. The van der Waals surface area contributed by atoms with Crippen LogP contribution in [0, 0.1) is 18.7 Å². The van der Waals surface area contributed by atoms with Crippen LogP contribution in [0.3, 0.4) is 0 Å². The number of hydrogen-bond donors (Lipinski definition) is 2. The molecule has 8 heteroatoms. The molecular formula is C17H18ClFN2O3S. The van der Waals surface area contributed by atoms with E-state index in [1.165, 1.54) is 13.0 Å². The average Bonchev–Trinajstić information content (AvgIpc) is 2.54. The average molecular weight is 385 g/mol. The van der Waals surface area contributed by atoms with Gasteiger partial charge in [0, 0.05) is 6.20 Å². The topological polar surface area (TPSA) is 79.3 Å². The lowest BCUT2D eigenvalue weighted by Crippen LogP contribution is -2.41. The summed E-state index contributed by atoms with van der Waals surface area (Å²) in [6, 6.07) is 6.86. The van der Waals surface area contributed by atoms with Gasteiger partial charge in [-0.05, 0) is 55.5 Å². The zero-order valence-corrected chi connectivity index (χ0v) is 15.1. The van der Waals surface area contributed by atoms with Gasteiger partial charge in [0.15, 0.2) is 0 Å². The molecule has 0 aliphatic heterocycles. The van der Waals surface area contributed by atoms with Gasteiger partial charge >= 0.3 is 0 Å². The summed E-state index contributed by atoms with van der Waals surface area (Å²) < 4.78 is 41.8. The summed E-state index contributed by atoms with van der Waals surface area (Å²) >= 11 is 5.95. The van der Waals surface area contributed by atoms with Crippen LogP contribution in [0.15, 0.2) is 41.4 Å². The van der Waals surface area contributed by atoms with Crippen LogP contribution in [0.25, 0.3) is 0 Å². The second-order valence-corrected chi connectivity index (χ2v) is 8.36. The molecule has 2 N–H and O–H groups in total. The molecule has 0 amide bonds. The van der Waals surface area contributed by atoms with Crippen molar-refractivity contribution in [1.82, 2.24) is 9.71 Å². The molecule has 1 aliphatic carbocycles. The van der Waals surface area contributed by atoms with Gasteiger partial charge < -0.3 is 5.11 Å². The number of aromatic nitrogens is 1. The van der Waals surface area contributed by atoms with Gasteiger partial charge in [-0.1, -0.05) is 17.7 Å². The predicted molar refractivity (Wildman–Crippen MR) is 92.2 cm³/mol. The van der Waals surface area contributed by atoms with E-state index in [1.54, 1.807) is 24.4 Å². The van der Waals surface area contributed by atoms with E-state index in [-0.39, 0.29) is 21.4 Å². The number of sulfonamides is 1. The molecular weight excluding hydrogens is 367 g/mol. The minimum atomic E-state index is -3.99. The van der Waals surface area contributed by atoms with E-state index in [0.29, 0.717) is 18.5 Å². The van der Waals surface area contributed by atoms with E-state index in [1.807, 2.05) is 0 Å². The van der Waals surface area contributed by atoms with E-state index in [9.17, 15) is 17.9 Å². The molecule has 1 aromatic carbocycles. The van der Waals surface area contributed by atoms with Crippen molar-refractivity contribution in [3.05, 3.63) is 58.6 Å². The van der Waals surface area contributed by atoms with Crippen molar-refractivity contribution < 1.29 is 17.9 Å². The first-order chi connectivity index (χ1) is 11.8. The summed E-state index contributed by atoms with van der Waals surface area (Å²) in [7, 11) is -3.99. The molecule has 0 bridgehead atoms. The normalized spacial score (nSPS) is 21.6. The third-order valence-electron chi connectivity index (χ3n) is 4.41. The van der Waals surface area contributed by atoms with Crippen LogP contribution < -0.4 is 4.72 Å². The SMILES string of the molecule is Cc1cc(S(=O)(=O)N[C@@H](c2ccccn2)C2CC(O)C2)c(Cl)cc1F. The van der Waals surface area contributed by atoms with Crippen LogP contribution in [-0.2, 0) is 10.0 Å². The first-order valence-corrected chi connectivity index (χ1v) is 9.71. The fraction of sp³-hybridized carbons (Fsp3) is 0.353. The summed E-state index contributed by atoms with van der Waals surface area (Å²) in [5, 5.41) is 9.40. The highest BCUT2D eigenvalue weighted by molar-refractivity contribution is 7.89. The molecule has 1 fully saturated rings. The van der Waals surface area contributed by atoms with Crippen LogP contribution in [0.2, 0.25) is 5.02 Å². The van der Waals surface area contributed by atoms with Crippen LogP contribution in [-0.4, -0.2) is 24.6 Å². The Labute approximate surface area is 150 Å². The maximum absolute atomic E-state index is 13.6. The lowest BCUT2D eigenvalue weighted by Gasteiger charge is -2.37. The Morgan fingerprint density at radius 3 is 2.68 bits per heavy atom. The molecule has 0 unspecified atom stereocenters. The molecule has 1 aromatic heterocycles. The van der Waals surface area contributed by atoms with Gasteiger partial charge in [-0.2, -0.15) is 0 Å². The smallest absolute Gasteiger partial charge is 0.242 e. The molecule has 25 heavy (non-hydrogen) atoms. The molecule has 5 nitrogen and oxygen atoms in total. The minimum Gasteiger partial charge on any atom is -0.393 e. The highest BCUT2D eigenvalue weighted by Crippen LogP contribution is 2.38. The molecule has 1 atom stereocenters. The van der Waals surface area contributed by atoms with Gasteiger partial charge in [-0.3, -0.25) is 4.98 Å². The van der Waals surface area contributed by atoms with Crippen molar-refractivity contribution in [2.45, 2.75) is 36.8 Å². The number of pyridine rings is 1. The maximum Gasteiger partial charge on any atom is 0.242 e. The van der Waals surface area contributed by atoms with Gasteiger partial charge in [0.1, 0.15) is 10.7 Å². The predicted octanol–water partition coefficient (Wildman–Crippen LogP) is 2.97. The number of rotatable bonds is 5. The summed E-state index contributed by atoms with van der Waals surface area (Å²) in [4.78, 5) is 4.07. The Morgan fingerprint density at radius 1 is 1.36 bits per heavy atom. The van der Waals surface area contributed by atoms with Crippen molar-refractivity contribution in [3.63, 3.8) is 0 Å². The second-order valence-electron chi connectivity index (χ2n) is 6.27. The van der Waals surface area contributed by atoms with E-state index < -0.39 is 28.0 Å². The number of aliphatic hydroxyl groups is 1. The lowest BCUT2D eigenvalue weighted by atomic mass is 9.76. The number of halogens is 2. The quantitative estimate of drug-likeness (QED) is 0.830. The maximum atomic E-state index is 13.6. The summed E-state index contributed by atoms with van der Waals surface area (Å²) in [5.41, 5.74) is 0.760. The molecule has 1 saturated carbocycles. The minimum absolute atomic E-state index is 0.0694. The standard InChI is InChI=1S/C17H18ClFN2O3S/c1-10-6-16(13(18)9-14(10)19)25(23,24)21-17(11-7-12(22)8-11)15-4-2-3-5-20-15/h2-6,9,11-12,17,21-22H,7-8H2,1H3/t11?,12?,17-/m1/s1. The fourth-order valence-electron chi connectivity index (χ4n) is 2.93. The Bertz CT molecular complexity index is 871. The Hall–Kier alpha value is -1.54. The van der Waals surface area contributed by atoms with Crippen molar-refractivity contribution >= 4 is 21.6 Å². The van der Waals surface area contributed by atoms with Gasteiger partial charge in [-0.25, -0.2) is 17.5 Å². The first kappa shape index (κ1) is 18.3. The largest absolute Gasteiger partial charge is 0.393 e. The lowest BCUT2D eigenvalue weighted by molar-refractivity contribution is 0.0273. The molecule has 0 spiro atoms. The number of nitrogens with one attached hydrogen (secondary N) is 1. The van der Waals surface area contributed by atoms with Gasteiger partial charge in [-0.15, -0.1) is 0 Å². The molecule has 3 rings (SSSR count). The number of hydrogen-bond acceptors (Lipinski definition) is 4. The molecule has 134 valence electrons. The van der Waals surface area contributed by atoms with E-state index in [0.717, 1.165) is 6.07 Å². The molecule has 0 radical (unpaired) electrons. The first-order valence-electron chi connectivity index (χ1n) is 7.85. The van der Waals surface area contributed by atoms with E-state index in [2.05, 4.69) is 9.71 Å². The Balaban J connectivity index is 1.95. The highest BCUT2D eigenvalue weighted by Gasteiger charge is 2.38. The zero-order valence-electron chi connectivity index (χ0n) is 13.5.